The number of H-pyrrole nitrogens is 1. The molecule has 1 aliphatic heterocycles. The summed E-state index contributed by atoms with van der Waals surface area (Å²) in [5.74, 6) is 0.986. The minimum absolute atomic E-state index is 0.226. The molecular formula is C18H24N4O2. The van der Waals surface area contributed by atoms with E-state index in [0.717, 1.165) is 29.9 Å². The van der Waals surface area contributed by atoms with Crippen molar-refractivity contribution in [1.29, 1.82) is 0 Å². The van der Waals surface area contributed by atoms with Crippen LogP contribution in [0.3, 0.4) is 0 Å². The van der Waals surface area contributed by atoms with Crippen molar-refractivity contribution < 1.29 is 9.53 Å². The van der Waals surface area contributed by atoms with Crippen molar-refractivity contribution in [2.24, 2.45) is 0 Å². The monoisotopic (exact) mass is 328 g/mol. The Morgan fingerprint density at radius 1 is 1.33 bits per heavy atom. The minimum atomic E-state index is -0.226. The van der Waals surface area contributed by atoms with Gasteiger partial charge in [0.25, 0.3) is 0 Å². The van der Waals surface area contributed by atoms with E-state index in [9.17, 15) is 4.79 Å². The maximum Gasteiger partial charge on any atom is 0.410 e. The third-order valence-corrected chi connectivity index (χ3v) is 4.61. The molecule has 1 saturated heterocycles. The van der Waals surface area contributed by atoms with E-state index in [0.29, 0.717) is 25.7 Å². The minimum Gasteiger partial charge on any atom is -0.445 e. The van der Waals surface area contributed by atoms with Crippen LogP contribution in [0.2, 0.25) is 0 Å². The van der Waals surface area contributed by atoms with Crippen LogP contribution < -0.4 is 4.90 Å². The molecule has 0 unspecified atom stereocenters. The molecule has 0 saturated carbocycles. The average molecular weight is 328 g/mol. The van der Waals surface area contributed by atoms with E-state index >= 15 is 0 Å². The smallest absolute Gasteiger partial charge is 0.410 e. The van der Waals surface area contributed by atoms with E-state index in [2.05, 4.69) is 21.9 Å². The van der Waals surface area contributed by atoms with Gasteiger partial charge < -0.3 is 19.5 Å². The normalized spacial score (nSPS) is 15.3. The predicted octanol–water partition coefficient (Wildman–Crippen LogP) is 2.96. The Morgan fingerprint density at radius 2 is 2.04 bits per heavy atom. The number of aryl methyl sites for hydroxylation is 1. The van der Waals surface area contributed by atoms with E-state index < -0.39 is 0 Å². The first-order chi connectivity index (χ1) is 11.6. The number of nitrogens with one attached hydrogen (secondary N) is 1. The van der Waals surface area contributed by atoms with Crippen molar-refractivity contribution >= 4 is 11.9 Å². The van der Waals surface area contributed by atoms with Crippen LogP contribution in [-0.4, -0.2) is 47.1 Å². The van der Waals surface area contributed by atoms with Crippen molar-refractivity contribution in [2.75, 3.05) is 25.0 Å². The first kappa shape index (κ1) is 16.4. The summed E-state index contributed by atoms with van der Waals surface area (Å²) in [6.45, 7) is 3.78. The highest BCUT2D eigenvalue weighted by molar-refractivity contribution is 5.67. The highest BCUT2D eigenvalue weighted by Gasteiger charge is 2.27. The summed E-state index contributed by atoms with van der Waals surface area (Å²) in [4.78, 5) is 23.7. The Bertz CT molecular complexity index is 663. The van der Waals surface area contributed by atoms with E-state index in [1.165, 1.54) is 0 Å². The third-order valence-electron chi connectivity index (χ3n) is 4.61. The lowest BCUT2D eigenvalue weighted by atomic mass is 10.0. The number of aromatic amines is 1. The Kier molecular flexibility index (Phi) is 5.03. The number of amides is 1. The lowest BCUT2D eigenvalue weighted by Crippen LogP contribution is -2.46. The molecule has 1 amide bonds. The molecular weight excluding hydrogens is 304 g/mol. The number of hydrogen-bond acceptors (Lipinski definition) is 4. The number of piperidine rings is 1. The number of anilines is 1. The first-order valence-corrected chi connectivity index (χ1v) is 8.33. The van der Waals surface area contributed by atoms with Gasteiger partial charge in [-0.15, -0.1) is 0 Å². The fraction of sp³-hybridized carbons (Fsp3) is 0.444. The van der Waals surface area contributed by atoms with Gasteiger partial charge in [0.05, 0.1) is 12.0 Å². The summed E-state index contributed by atoms with van der Waals surface area (Å²) in [7, 11) is 2.07. The summed E-state index contributed by atoms with van der Waals surface area (Å²) in [6, 6.07) is 10.2. The standard InChI is InChI=1S/C18H24N4O2/c1-14-17(20-13-19-14)21(2)16-8-10-22(11-9-16)18(23)24-12-15-6-4-3-5-7-15/h3-7,13,16H,8-12H2,1-2H3,(H,19,20). The molecule has 1 aliphatic rings. The Labute approximate surface area is 142 Å². The third kappa shape index (κ3) is 3.69. The summed E-state index contributed by atoms with van der Waals surface area (Å²) < 4.78 is 5.41. The van der Waals surface area contributed by atoms with Crippen LogP contribution in [0, 0.1) is 6.92 Å². The molecule has 0 aliphatic carbocycles. The molecule has 1 fully saturated rings. The molecule has 2 aromatic rings. The molecule has 1 N–H and O–H groups in total. The predicted molar refractivity (Wildman–Crippen MR) is 92.9 cm³/mol. The number of rotatable bonds is 4. The largest absolute Gasteiger partial charge is 0.445 e. The number of nitrogens with zero attached hydrogens (tertiary/aromatic N) is 3. The number of carbonyl (C=O) groups excluding carboxylic acids is 1. The molecule has 6 heteroatoms. The number of carbonyl (C=O) groups is 1. The second-order valence-corrected chi connectivity index (χ2v) is 6.22. The summed E-state index contributed by atoms with van der Waals surface area (Å²) in [5.41, 5.74) is 2.08. The lowest BCUT2D eigenvalue weighted by molar-refractivity contribution is 0.0870. The summed E-state index contributed by atoms with van der Waals surface area (Å²) in [5, 5.41) is 0. The molecule has 0 spiro atoms. The van der Waals surface area contributed by atoms with Gasteiger partial charge >= 0.3 is 6.09 Å². The van der Waals surface area contributed by atoms with Crippen molar-refractivity contribution in [2.45, 2.75) is 32.4 Å². The zero-order valence-electron chi connectivity index (χ0n) is 14.2. The van der Waals surface area contributed by atoms with Crippen LogP contribution >= 0.6 is 0 Å². The number of likely N-dealkylation sites (tertiary alicyclic amines) is 1. The molecule has 2 heterocycles. The topological polar surface area (TPSA) is 61.5 Å². The molecule has 1 aromatic carbocycles. The maximum absolute atomic E-state index is 12.2. The van der Waals surface area contributed by atoms with Crippen LogP contribution in [0.1, 0.15) is 24.1 Å². The van der Waals surface area contributed by atoms with Crippen LogP contribution in [0.4, 0.5) is 10.6 Å². The summed E-state index contributed by atoms with van der Waals surface area (Å²) >= 11 is 0. The Morgan fingerprint density at radius 3 is 2.67 bits per heavy atom. The van der Waals surface area contributed by atoms with Crippen molar-refractivity contribution in [3.63, 3.8) is 0 Å². The van der Waals surface area contributed by atoms with Gasteiger partial charge in [-0.1, -0.05) is 30.3 Å². The lowest BCUT2D eigenvalue weighted by Gasteiger charge is -2.36. The van der Waals surface area contributed by atoms with Crippen molar-refractivity contribution in [3.8, 4) is 0 Å². The Hall–Kier alpha value is -2.50. The van der Waals surface area contributed by atoms with E-state index in [4.69, 9.17) is 4.74 Å². The molecule has 0 atom stereocenters. The van der Waals surface area contributed by atoms with Crippen LogP contribution in [0.25, 0.3) is 0 Å². The second kappa shape index (κ2) is 7.38. The van der Waals surface area contributed by atoms with E-state index in [1.807, 2.05) is 37.3 Å². The number of aromatic nitrogens is 2. The van der Waals surface area contributed by atoms with Gasteiger partial charge in [-0.05, 0) is 25.3 Å². The molecule has 1 aromatic heterocycles. The second-order valence-electron chi connectivity index (χ2n) is 6.22. The van der Waals surface area contributed by atoms with Crippen LogP contribution in [0.15, 0.2) is 36.7 Å². The van der Waals surface area contributed by atoms with Gasteiger partial charge in [0, 0.05) is 26.2 Å². The van der Waals surface area contributed by atoms with Gasteiger partial charge in [0.15, 0.2) is 0 Å². The highest BCUT2D eigenvalue weighted by atomic mass is 16.6. The molecule has 6 nitrogen and oxygen atoms in total. The van der Waals surface area contributed by atoms with Gasteiger partial charge in [-0.3, -0.25) is 0 Å². The van der Waals surface area contributed by atoms with Crippen LogP contribution in [-0.2, 0) is 11.3 Å². The van der Waals surface area contributed by atoms with Crippen LogP contribution in [0.5, 0.6) is 0 Å². The molecule has 3 rings (SSSR count). The molecule has 0 bridgehead atoms. The summed E-state index contributed by atoms with van der Waals surface area (Å²) in [6.07, 6.45) is 3.33. The van der Waals surface area contributed by atoms with Crippen molar-refractivity contribution in [3.05, 3.63) is 47.9 Å². The SMILES string of the molecule is Cc1[nH]cnc1N(C)C1CCN(C(=O)OCc2ccccc2)CC1. The molecule has 0 radical (unpaired) electrons. The number of hydrogen-bond donors (Lipinski definition) is 1. The zero-order valence-corrected chi connectivity index (χ0v) is 14.2. The maximum atomic E-state index is 12.2. The van der Waals surface area contributed by atoms with E-state index in [-0.39, 0.29) is 6.09 Å². The average Bonchev–Trinajstić information content (AvgIpc) is 3.06. The number of ether oxygens (including phenoxy) is 1. The number of benzene rings is 1. The number of imidazole rings is 1. The van der Waals surface area contributed by atoms with Gasteiger partial charge in [-0.2, -0.15) is 0 Å². The molecule has 128 valence electrons. The fourth-order valence-corrected chi connectivity index (χ4v) is 3.13. The highest BCUT2D eigenvalue weighted by Crippen LogP contribution is 2.22. The Balaban J connectivity index is 1.48. The fourth-order valence-electron chi connectivity index (χ4n) is 3.13. The van der Waals surface area contributed by atoms with Gasteiger partial charge in [0.2, 0.25) is 0 Å². The van der Waals surface area contributed by atoms with Gasteiger partial charge in [0.1, 0.15) is 12.4 Å². The van der Waals surface area contributed by atoms with Gasteiger partial charge in [-0.25, -0.2) is 9.78 Å². The first-order valence-electron chi connectivity index (χ1n) is 8.33. The van der Waals surface area contributed by atoms with Crippen molar-refractivity contribution in [1.82, 2.24) is 14.9 Å². The molecule has 24 heavy (non-hydrogen) atoms. The van der Waals surface area contributed by atoms with E-state index in [1.54, 1.807) is 11.2 Å². The zero-order chi connectivity index (χ0) is 16.9. The quantitative estimate of drug-likeness (QED) is 0.937.